The maximum absolute atomic E-state index is 12.7. The summed E-state index contributed by atoms with van der Waals surface area (Å²) in [6.07, 6.45) is 1.82. The predicted octanol–water partition coefficient (Wildman–Crippen LogP) is 2.41. The number of hydrogen-bond donors (Lipinski definition) is 1. The number of nitrogens with zero attached hydrogens (tertiary/aromatic N) is 3. The van der Waals surface area contributed by atoms with E-state index in [0.717, 1.165) is 42.3 Å². The number of benzene rings is 1. The third-order valence-corrected chi connectivity index (χ3v) is 4.71. The van der Waals surface area contributed by atoms with E-state index >= 15 is 0 Å². The molecule has 0 aliphatic carbocycles. The number of hydrogen-bond acceptors (Lipinski definition) is 6. The first-order valence-electron chi connectivity index (χ1n) is 8.95. The minimum Gasteiger partial charge on any atom is -0.486 e. The molecule has 2 aliphatic rings. The van der Waals surface area contributed by atoms with E-state index in [2.05, 4.69) is 20.4 Å². The second-order valence-electron chi connectivity index (χ2n) is 6.67. The number of aromatic nitrogens is 2. The van der Waals surface area contributed by atoms with Gasteiger partial charge in [-0.3, -0.25) is 4.79 Å². The first-order chi connectivity index (χ1) is 12.7. The Balaban J connectivity index is 1.42. The molecule has 3 heterocycles. The van der Waals surface area contributed by atoms with Crippen molar-refractivity contribution in [2.45, 2.75) is 19.8 Å². The molecule has 4 rings (SSSR count). The molecule has 1 amide bonds. The van der Waals surface area contributed by atoms with Gasteiger partial charge in [0, 0.05) is 24.8 Å². The van der Waals surface area contributed by atoms with Gasteiger partial charge in [0.15, 0.2) is 17.3 Å². The van der Waals surface area contributed by atoms with Crippen molar-refractivity contribution in [3.63, 3.8) is 0 Å². The van der Waals surface area contributed by atoms with Crippen LogP contribution in [0.15, 0.2) is 30.3 Å². The van der Waals surface area contributed by atoms with Gasteiger partial charge >= 0.3 is 0 Å². The van der Waals surface area contributed by atoms with Gasteiger partial charge in [0.1, 0.15) is 13.2 Å². The molecule has 1 unspecified atom stereocenters. The van der Waals surface area contributed by atoms with Crippen LogP contribution in [0.2, 0.25) is 0 Å². The lowest BCUT2D eigenvalue weighted by Gasteiger charge is -2.32. The molecule has 1 atom stereocenters. The van der Waals surface area contributed by atoms with Gasteiger partial charge in [-0.15, -0.1) is 5.10 Å². The molecule has 1 aromatic heterocycles. The first kappa shape index (κ1) is 16.6. The zero-order chi connectivity index (χ0) is 17.9. The van der Waals surface area contributed by atoms with E-state index in [0.29, 0.717) is 25.5 Å². The lowest BCUT2D eigenvalue weighted by Crippen LogP contribution is -2.41. The molecule has 1 saturated heterocycles. The van der Waals surface area contributed by atoms with Crippen LogP contribution in [0.1, 0.15) is 18.5 Å². The summed E-state index contributed by atoms with van der Waals surface area (Å²) in [6.45, 7) is 4.54. The molecule has 1 fully saturated rings. The number of fused-ring (bicyclic) bond motifs is 1. The van der Waals surface area contributed by atoms with Crippen molar-refractivity contribution in [3.8, 4) is 11.5 Å². The van der Waals surface area contributed by atoms with E-state index < -0.39 is 0 Å². The topological polar surface area (TPSA) is 76.6 Å². The summed E-state index contributed by atoms with van der Waals surface area (Å²) in [5, 5.41) is 11.4. The van der Waals surface area contributed by atoms with Gasteiger partial charge in [-0.2, -0.15) is 5.10 Å². The normalized spacial score (nSPS) is 19.1. The van der Waals surface area contributed by atoms with Gasteiger partial charge in [0.05, 0.1) is 11.6 Å². The maximum Gasteiger partial charge on any atom is 0.229 e. The van der Waals surface area contributed by atoms with Crippen LogP contribution >= 0.6 is 0 Å². The Morgan fingerprint density at radius 3 is 2.81 bits per heavy atom. The Morgan fingerprint density at radius 2 is 2.00 bits per heavy atom. The van der Waals surface area contributed by atoms with Gasteiger partial charge < -0.3 is 19.7 Å². The third-order valence-electron chi connectivity index (χ3n) is 4.71. The lowest BCUT2D eigenvalue weighted by molar-refractivity contribution is -0.120. The van der Waals surface area contributed by atoms with Crippen LogP contribution in [0.3, 0.4) is 0 Å². The van der Waals surface area contributed by atoms with Crippen molar-refractivity contribution in [2.75, 3.05) is 36.5 Å². The Morgan fingerprint density at radius 1 is 1.15 bits per heavy atom. The van der Waals surface area contributed by atoms with Gasteiger partial charge in [0.2, 0.25) is 5.91 Å². The van der Waals surface area contributed by atoms with E-state index in [1.165, 1.54) is 0 Å². The summed E-state index contributed by atoms with van der Waals surface area (Å²) in [4.78, 5) is 14.8. The standard InChI is InChI=1S/C19H22N4O3/c1-13-4-7-18(22-21-13)23-8-2-3-14(12-23)19(24)20-15-5-6-16-17(11-15)26-10-9-25-16/h4-7,11,14H,2-3,8-10,12H2,1H3,(H,20,24). The summed E-state index contributed by atoms with van der Waals surface area (Å²) < 4.78 is 11.1. The molecule has 0 bridgehead atoms. The fourth-order valence-corrected chi connectivity index (χ4v) is 3.33. The van der Waals surface area contributed by atoms with Gasteiger partial charge in [-0.25, -0.2) is 0 Å². The van der Waals surface area contributed by atoms with Crippen LogP contribution < -0.4 is 19.7 Å². The summed E-state index contributed by atoms with van der Waals surface area (Å²) in [5.41, 5.74) is 1.62. The smallest absolute Gasteiger partial charge is 0.229 e. The van der Waals surface area contributed by atoms with Crippen molar-refractivity contribution in [2.24, 2.45) is 5.92 Å². The highest BCUT2D eigenvalue weighted by atomic mass is 16.6. The number of carbonyl (C=O) groups is 1. The molecule has 1 N–H and O–H groups in total. The number of amides is 1. The van der Waals surface area contributed by atoms with Gasteiger partial charge in [-0.05, 0) is 44.0 Å². The molecular weight excluding hydrogens is 332 g/mol. The van der Waals surface area contributed by atoms with Crippen LogP contribution in [-0.4, -0.2) is 42.4 Å². The summed E-state index contributed by atoms with van der Waals surface area (Å²) in [6, 6.07) is 9.40. The molecule has 2 aromatic rings. The fraction of sp³-hybridized carbons (Fsp3) is 0.421. The summed E-state index contributed by atoms with van der Waals surface area (Å²) >= 11 is 0. The molecule has 136 valence electrons. The van der Waals surface area contributed by atoms with Crippen LogP contribution in [0.25, 0.3) is 0 Å². The predicted molar refractivity (Wildman–Crippen MR) is 97.8 cm³/mol. The van der Waals surface area contributed by atoms with E-state index in [1.54, 1.807) is 0 Å². The third kappa shape index (κ3) is 3.56. The van der Waals surface area contributed by atoms with Gasteiger partial charge in [0.25, 0.3) is 0 Å². The number of aryl methyl sites for hydroxylation is 1. The number of anilines is 2. The van der Waals surface area contributed by atoms with Gasteiger partial charge in [-0.1, -0.05) is 0 Å². The molecule has 0 radical (unpaired) electrons. The molecule has 2 aliphatic heterocycles. The maximum atomic E-state index is 12.7. The Labute approximate surface area is 152 Å². The molecule has 7 heteroatoms. The fourth-order valence-electron chi connectivity index (χ4n) is 3.33. The van der Waals surface area contributed by atoms with E-state index in [9.17, 15) is 4.79 Å². The van der Waals surface area contributed by atoms with E-state index in [-0.39, 0.29) is 11.8 Å². The Hall–Kier alpha value is -2.83. The lowest BCUT2D eigenvalue weighted by atomic mass is 9.97. The molecule has 26 heavy (non-hydrogen) atoms. The number of carbonyl (C=O) groups excluding carboxylic acids is 1. The number of piperidine rings is 1. The first-order valence-corrected chi connectivity index (χ1v) is 8.95. The number of rotatable bonds is 3. The van der Waals surface area contributed by atoms with Crippen LogP contribution in [-0.2, 0) is 4.79 Å². The highest BCUT2D eigenvalue weighted by molar-refractivity contribution is 5.93. The molecule has 1 aromatic carbocycles. The number of nitrogens with one attached hydrogen (secondary N) is 1. The molecule has 0 saturated carbocycles. The average molecular weight is 354 g/mol. The van der Waals surface area contributed by atoms with Crippen molar-refractivity contribution in [1.29, 1.82) is 0 Å². The highest BCUT2D eigenvalue weighted by Gasteiger charge is 2.27. The second-order valence-corrected chi connectivity index (χ2v) is 6.67. The molecule has 7 nitrogen and oxygen atoms in total. The quantitative estimate of drug-likeness (QED) is 0.912. The van der Waals surface area contributed by atoms with Crippen LogP contribution in [0.5, 0.6) is 11.5 Å². The molecule has 0 spiro atoms. The monoisotopic (exact) mass is 354 g/mol. The van der Waals surface area contributed by atoms with Crippen LogP contribution in [0.4, 0.5) is 11.5 Å². The number of ether oxygens (including phenoxy) is 2. The van der Waals surface area contributed by atoms with Crippen LogP contribution in [0, 0.1) is 12.8 Å². The zero-order valence-corrected chi connectivity index (χ0v) is 14.8. The largest absolute Gasteiger partial charge is 0.486 e. The zero-order valence-electron chi connectivity index (χ0n) is 14.8. The SMILES string of the molecule is Cc1ccc(N2CCCC(C(=O)Nc3ccc4c(c3)OCCO4)C2)nn1. The van der Waals surface area contributed by atoms with E-state index in [4.69, 9.17) is 9.47 Å². The van der Waals surface area contributed by atoms with Crippen molar-refractivity contribution in [3.05, 3.63) is 36.0 Å². The van der Waals surface area contributed by atoms with Crippen molar-refractivity contribution < 1.29 is 14.3 Å². The van der Waals surface area contributed by atoms with Crippen molar-refractivity contribution >= 4 is 17.4 Å². The summed E-state index contributed by atoms with van der Waals surface area (Å²) in [5.74, 6) is 2.16. The minimum absolute atomic E-state index is 0.0199. The average Bonchev–Trinajstić information content (AvgIpc) is 2.68. The Bertz CT molecular complexity index is 794. The second kappa shape index (κ2) is 7.19. The van der Waals surface area contributed by atoms with Crippen molar-refractivity contribution in [1.82, 2.24) is 10.2 Å². The minimum atomic E-state index is -0.0833. The Kier molecular flexibility index (Phi) is 4.60. The molecular formula is C19H22N4O3. The van der Waals surface area contributed by atoms with E-state index in [1.807, 2.05) is 37.3 Å². The summed E-state index contributed by atoms with van der Waals surface area (Å²) in [7, 11) is 0. The highest BCUT2D eigenvalue weighted by Crippen LogP contribution is 2.33.